The fourth-order valence-corrected chi connectivity index (χ4v) is 1.42. The molecule has 1 rings (SSSR count). The SMILES string of the molecule is [2H]CC1(C)CCCCCC(F)=C1[3H]. The van der Waals surface area contributed by atoms with Crippen LogP contribution in [-0.2, 0) is 0 Å². The van der Waals surface area contributed by atoms with Gasteiger partial charge in [-0.2, -0.15) is 0 Å². The van der Waals surface area contributed by atoms with Gasteiger partial charge in [-0.05, 0) is 30.7 Å². The van der Waals surface area contributed by atoms with E-state index in [0.717, 1.165) is 25.7 Å². The minimum Gasteiger partial charge on any atom is -0.212 e. The third-order valence-corrected chi connectivity index (χ3v) is 2.06. The Morgan fingerprint density at radius 2 is 2.55 bits per heavy atom. The maximum Gasteiger partial charge on any atom is 0.0965 e. The van der Waals surface area contributed by atoms with E-state index in [0.29, 0.717) is 6.42 Å². The largest absolute Gasteiger partial charge is 0.212 e. The molecule has 1 atom stereocenters. The van der Waals surface area contributed by atoms with E-state index in [4.69, 9.17) is 2.74 Å². The van der Waals surface area contributed by atoms with Crippen LogP contribution in [-0.4, -0.2) is 0 Å². The number of halogens is 1. The van der Waals surface area contributed by atoms with Crippen LogP contribution in [0.4, 0.5) is 4.39 Å². The van der Waals surface area contributed by atoms with Crippen molar-refractivity contribution in [1.82, 2.24) is 0 Å². The van der Waals surface area contributed by atoms with Gasteiger partial charge in [-0.3, -0.25) is 0 Å². The van der Waals surface area contributed by atoms with Crippen molar-refractivity contribution in [1.29, 1.82) is 0 Å². The second-order valence-electron chi connectivity index (χ2n) is 3.65. The number of hydrogen-bond acceptors (Lipinski definition) is 0. The summed E-state index contributed by atoms with van der Waals surface area (Å²) in [5.74, 6) is -0.297. The molecule has 0 aromatic carbocycles. The Labute approximate surface area is 71.3 Å². The molecule has 0 spiro atoms. The average Bonchev–Trinajstić information content (AvgIpc) is 2.14. The van der Waals surface area contributed by atoms with Gasteiger partial charge in [-0.25, -0.2) is 4.39 Å². The van der Waals surface area contributed by atoms with Crippen LogP contribution in [0, 0.1) is 5.41 Å². The zero-order chi connectivity index (χ0) is 9.90. The zero-order valence-electron chi connectivity index (χ0n) is 9.12. The summed E-state index contributed by atoms with van der Waals surface area (Å²) in [6, 6.07) is 0.0715. The Morgan fingerprint density at radius 1 is 1.73 bits per heavy atom. The Kier molecular flexibility index (Phi) is 1.91. The van der Waals surface area contributed by atoms with E-state index in [1.165, 1.54) is 0 Å². The topological polar surface area (TPSA) is 0 Å². The van der Waals surface area contributed by atoms with Gasteiger partial charge >= 0.3 is 0 Å². The molecule has 1 heteroatoms. The fraction of sp³-hybridized carbons (Fsp3) is 0.800. The highest BCUT2D eigenvalue weighted by Crippen LogP contribution is 2.31. The molecule has 0 aromatic heterocycles. The first-order valence-electron chi connectivity index (χ1n) is 5.46. The molecule has 1 aliphatic rings. The van der Waals surface area contributed by atoms with Crippen molar-refractivity contribution in [3.05, 3.63) is 11.9 Å². The predicted molar refractivity (Wildman–Crippen MR) is 46.1 cm³/mol. The molecule has 0 aliphatic heterocycles. The van der Waals surface area contributed by atoms with Crippen LogP contribution >= 0.6 is 0 Å². The summed E-state index contributed by atoms with van der Waals surface area (Å²) in [6.45, 7) is 1.95. The first kappa shape index (κ1) is 6.22. The van der Waals surface area contributed by atoms with Gasteiger partial charge in [0.1, 0.15) is 0 Å². The third kappa shape index (κ3) is 3.04. The molecular formula is C10H17F. The summed E-state index contributed by atoms with van der Waals surface area (Å²) in [5, 5.41) is 0. The van der Waals surface area contributed by atoms with Crippen LogP contribution in [0.3, 0.4) is 0 Å². The van der Waals surface area contributed by atoms with Crippen molar-refractivity contribution < 1.29 is 7.13 Å². The van der Waals surface area contributed by atoms with Gasteiger partial charge in [0.05, 0.1) is 7.20 Å². The lowest BCUT2D eigenvalue weighted by atomic mass is 9.84. The molecule has 0 radical (unpaired) electrons. The normalized spacial score (nSPS) is 37.3. The van der Waals surface area contributed by atoms with Crippen molar-refractivity contribution in [3.8, 4) is 0 Å². The molecule has 0 aromatic rings. The molecule has 0 saturated carbocycles. The standard InChI is InChI=1S/C10H17F/c1-10(2)7-5-3-4-6-9(11)8-10/h8H,3-7H2,1-2H3/i1D,8T. The molecule has 0 N–H and O–H groups in total. The lowest BCUT2D eigenvalue weighted by molar-refractivity contribution is 0.378. The third-order valence-electron chi connectivity index (χ3n) is 2.06. The van der Waals surface area contributed by atoms with Gasteiger partial charge < -0.3 is 0 Å². The Bertz CT molecular complexity index is 213. The summed E-state index contributed by atoms with van der Waals surface area (Å²) in [7, 11) is 0. The molecule has 1 aliphatic carbocycles. The molecule has 0 nitrogen and oxygen atoms in total. The summed E-state index contributed by atoms with van der Waals surface area (Å²) in [4.78, 5) is 0. The first-order chi connectivity index (χ1) is 6.10. The van der Waals surface area contributed by atoms with Crippen molar-refractivity contribution >= 4 is 0 Å². The maximum atomic E-state index is 13.3. The molecule has 0 saturated heterocycles. The molecule has 0 fully saturated rings. The van der Waals surface area contributed by atoms with Gasteiger partial charge in [0, 0.05) is 1.37 Å². The Balaban J connectivity index is 2.90. The van der Waals surface area contributed by atoms with Crippen LogP contribution in [0.25, 0.3) is 0 Å². The molecule has 64 valence electrons. The quantitative estimate of drug-likeness (QED) is 0.504. The van der Waals surface area contributed by atoms with E-state index in [-0.39, 0.29) is 18.8 Å². The summed E-state index contributed by atoms with van der Waals surface area (Å²) in [5.41, 5.74) is -0.537. The van der Waals surface area contributed by atoms with Crippen LogP contribution in [0.15, 0.2) is 11.9 Å². The fourth-order valence-electron chi connectivity index (χ4n) is 1.42. The Hall–Kier alpha value is -0.330. The van der Waals surface area contributed by atoms with Gasteiger partial charge in [-0.1, -0.05) is 26.7 Å². The number of hydrogen-bond donors (Lipinski definition) is 0. The molecule has 0 heterocycles. The maximum absolute atomic E-state index is 13.3. The van der Waals surface area contributed by atoms with Gasteiger partial charge in [-0.15, -0.1) is 0 Å². The van der Waals surface area contributed by atoms with E-state index in [1.54, 1.807) is 0 Å². The van der Waals surface area contributed by atoms with E-state index >= 15 is 0 Å². The average molecular weight is 159 g/mol. The second kappa shape index (κ2) is 3.38. The predicted octanol–water partition coefficient (Wildman–Crippen LogP) is 3.83. The van der Waals surface area contributed by atoms with Crippen LogP contribution in [0.1, 0.15) is 48.7 Å². The highest BCUT2D eigenvalue weighted by Gasteiger charge is 2.17. The summed E-state index contributed by atoms with van der Waals surface area (Å²) >= 11 is 0. The highest BCUT2D eigenvalue weighted by atomic mass is 19.1. The molecule has 0 amide bonds. The summed E-state index contributed by atoms with van der Waals surface area (Å²) in [6.07, 6.45) is 4.07. The van der Waals surface area contributed by atoms with Gasteiger partial charge in [0.2, 0.25) is 0 Å². The van der Waals surface area contributed by atoms with Crippen molar-refractivity contribution in [3.63, 3.8) is 0 Å². The monoisotopic (exact) mass is 159 g/mol. The highest BCUT2D eigenvalue weighted by molar-refractivity contribution is 5.01. The molecule has 0 bridgehead atoms. The smallest absolute Gasteiger partial charge is 0.0965 e. The van der Waals surface area contributed by atoms with E-state index < -0.39 is 5.41 Å². The number of rotatable bonds is 0. The Morgan fingerprint density at radius 3 is 3.27 bits per heavy atom. The van der Waals surface area contributed by atoms with E-state index in [1.807, 2.05) is 6.92 Å². The lowest BCUT2D eigenvalue weighted by Crippen LogP contribution is -2.09. The van der Waals surface area contributed by atoms with E-state index in [9.17, 15) is 4.39 Å². The van der Waals surface area contributed by atoms with Gasteiger partial charge in [0.25, 0.3) is 0 Å². The van der Waals surface area contributed by atoms with Crippen LogP contribution in [0.5, 0.6) is 0 Å². The van der Waals surface area contributed by atoms with Crippen molar-refractivity contribution in [2.24, 2.45) is 5.41 Å². The van der Waals surface area contributed by atoms with Crippen LogP contribution < -0.4 is 0 Å². The lowest BCUT2D eigenvalue weighted by Gasteiger charge is -2.22. The molecular weight excluding hydrogens is 139 g/mol. The molecule has 1 unspecified atom stereocenters. The first-order valence-corrected chi connectivity index (χ1v) is 4.25. The van der Waals surface area contributed by atoms with Crippen molar-refractivity contribution in [2.75, 3.05) is 0 Å². The molecule has 11 heavy (non-hydrogen) atoms. The minimum absolute atomic E-state index is 0.0715. The van der Waals surface area contributed by atoms with Crippen LogP contribution in [0.2, 0.25) is 0 Å². The zero-order valence-corrected chi connectivity index (χ0v) is 7.12. The number of allylic oxidation sites excluding steroid dienone is 2. The second-order valence-corrected chi connectivity index (χ2v) is 3.65. The summed E-state index contributed by atoms with van der Waals surface area (Å²) < 4.78 is 28.3. The van der Waals surface area contributed by atoms with Crippen molar-refractivity contribution in [2.45, 2.75) is 45.9 Å². The minimum atomic E-state index is -0.537. The van der Waals surface area contributed by atoms with Gasteiger partial charge in [0.15, 0.2) is 0 Å². The van der Waals surface area contributed by atoms with E-state index in [2.05, 4.69) is 0 Å².